The zero-order valence-electron chi connectivity index (χ0n) is 9.90. The molecular weight excluding hydrogens is 231 g/mol. The fraction of sp³-hybridized carbons (Fsp3) is 0.900. The maximum Gasteiger partial charge on any atom is 0.207 e. The van der Waals surface area contributed by atoms with Gasteiger partial charge >= 0.3 is 0 Å². The maximum atomic E-state index is 8.40. The van der Waals surface area contributed by atoms with Crippen molar-refractivity contribution in [3.8, 4) is 6.07 Å². The van der Waals surface area contributed by atoms with Crippen LogP contribution in [0, 0.1) is 11.3 Å². The molecule has 0 fully saturated rings. The van der Waals surface area contributed by atoms with Gasteiger partial charge in [-0.05, 0) is 38.4 Å². The van der Waals surface area contributed by atoms with E-state index in [1.54, 1.807) is 0 Å². The summed E-state index contributed by atoms with van der Waals surface area (Å²) in [6, 6.07) is 2.82. The van der Waals surface area contributed by atoms with Crippen LogP contribution in [-0.2, 0) is 4.52 Å². The Morgan fingerprint density at radius 1 is 1.47 bits per heavy atom. The molecule has 0 aliphatic rings. The van der Waals surface area contributed by atoms with Gasteiger partial charge in [0.25, 0.3) is 0 Å². The third-order valence-corrected chi connectivity index (χ3v) is 4.60. The quantitative estimate of drug-likeness (QED) is 0.508. The highest BCUT2D eigenvalue weighted by atomic mass is 35.7. The monoisotopic (exact) mass is 250 g/mol. The van der Waals surface area contributed by atoms with Gasteiger partial charge in [0.15, 0.2) is 0 Å². The summed E-state index contributed by atoms with van der Waals surface area (Å²) in [6.07, 6.45) is 1.45. The average molecular weight is 251 g/mol. The predicted molar refractivity (Wildman–Crippen MR) is 65.7 cm³/mol. The van der Waals surface area contributed by atoms with Crippen LogP contribution in [0.3, 0.4) is 0 Å². The Hall–Kier alpha value is 0.130. The lowest BCUT2D eigenvalue weighted by atomic mass is 10.2. The van der Waals surface area contributed by atoms with Crippen LogP contribution in [0.25, 0.3) is 0 Å². The van der Waals surface area contributed by atoms with Gasteiger partial charge in [-0.15, -0.1) is 0 Å². The second kappa shape index (κ2) is 8.30. The Kier molecular flexibility index (Phi) is 8.37. The van der Waals surface area contributed by atoms with Gasteiger partial charge in [-0.25, -0.2) is 4.67 Å². The van der Waals surface area contributed by atoms with Crippen molar-refractivity contribution in [2.24, 2.45) is 0 Å². The summed E-state index contributed by atoms with van der Waals surface area (Å²) in [5.41, 5.74) is 0. The molecule has 88 valence electrons. The van der Waals surface area contributed by atoms with Crippen LogP contribution in [0.4, 0.5) is 0 Å². The first kappa shape index (κ1) is 15.1. The second-order valence-corrected chi connectivity index (χ2v) is 5.74. The molecule has 0 aromatic carbocycles. The lowest BCUT2D eigenvalue weighted by Gasteiger charge is -2.34. The van der Waals surface area contributed by atoms with Gasteiger partial charge in [-0.2, -0.15) is 5.26 Å². The van der Waals surface area contributed by atoms with Crippen LogP contribution < -0.4 is 0 Å². The first-order valence-corrected chi connectivity index (χ1v) is 7.40. The van der Waals surface area contributed by atoms with E-state index in [4.69, 9.17) is 21.0 Å². The van der Waals surface area contributed by atoms with Gasteiger partial charge in [0, 0.05) is 12.1 Å². The van der Waals surface area contributed by atoms with Crippen LogP contribution in [0.5, 0.6) is 0 Å². The summed E-state index contributed by atoms with van der Waals surface area (Å²) < 4.78 is 7.64. The van der Waals surface area contributed by atoms with Crippen molar-refractivity contribution >= 4 is 18.9 Å². The van der Waals surface area contributed by atoms with Crippen molar-refractivity contribution in [2.45, 2.75) is 52.6 Å². The number of nitriles is 1. The van der Waals surface area contributed by atoms with E-state index in [0.717, 1.165) is 6.42 Å². The Balaban J connectivity index is 4.17. The third-order valence-electron chi connectivity index (χ3n) is 2.16. The smallest absolute Gasteiger partial charge is 0.207 e. The van der Waals surface area contributed by atoms with Crippen molar-refractivity contribution in [3.05, 3.63) is 0 Å². The second-order valence-electron chi connectivity index (χ2n) is 3.70. The third kappa shape index (κ3) is 5.68. The van der Waals surface area contributed by atoms with Crippen molar-refractivity contribution in [2.75, 3.05) is 6.61 Å². The maximum absolute atomic E-state index is 8.40. The summed E-state index contributed by atoms with van der Waals surface area (Å²) in [5.74, 6) is 0. The van der Waals surface area contributed by atoms with E-state index in [9.17, 15) is 0 Å². The topological polar surface area (TPSA) is 36.3 Å². The molecular formula is C10H20ClN2OP. The highest BCUT2D eigenvalue weighted by Crippen LogP contribution is 2.49. The summed E-state index contributed by atoms with van der Waals surface area (Å²) in [5, 5.41) is 8.40. The molecule has 0 aliphatic heterocycles. The Labute approximate surface area is 99.0 Å². The lowest BCUT2D eigenvalue weighted by molar-refractivity contribution is 0.252. The van der Waals surface area contributed by atoms with Gasteiger partial charge < -0.3 is 4.52 Å². The number of rotatable bonds is 7. The lowest BCUT2D eigenvalue weighted by Crippen LogP contribution is -2.33. The van der Waals surface area contributed by atoms with Crippen LogP contribution in [0.2, 0.25) is 0 Å². The molecule has 0 aromatic heterocycles. The molecule has 0 radical (unpaired) electrons. The molecule has 0 rings (SSSR count). The van der Waals surface area contributed by atoms with E-state index in [1.165, 1.54) is 0 Å². The molecule has 0 aromatic rings. The van der Waals surface area contributed by atoms with Crippen LogP contribution in [0.15, 0.2) is 0 Å². The van der Waals surface area contributed by atoms with Crippen molar-refractivity contribution in [3.63, 3.8) is 0 Å². The highest BCUT2D eigenvalue weighted by Gasteiger charge is 2.24. The Bertz CT molecular complexity index is 208. The molecule has 0 bridgehead atoms. The van der Waals surface area contributed by atoms with Crippen LogP contribution >= 0.6 is 18.9 Å². The standard InChI is InChI=1S/C10H20ClN2OP/c1-5-10(4)13(9(2)3)15(11)14-8-6-7-12/h9-10H,5-6,8H2,1-4H3. The van der Waals surface area contributed by atoms with Crippen molar-refractivity contribution in [1.82, 2.24) is 4.67 Å². The molecule has 2 unspecified atom stereocenters. The normalized spacial score (nSPS) is 15.3. The SMILES string of the molecule is CCC(C)N(C(C)C)P(Cl)OCCC#N. The molecule has 5 heteroatoms. The fourth-order valence-corrected chi connectivity index (χ4v) is 3.66. The molecule has 0 saturated carbocycles. The Morgan fingerprint density at radius 2 is 2.07 bits per heavy atom. The van der Waals surface area contributed by atoms with E-state index < -0.39 is 7.65 Å². The molecule has 15 heavy (non-hydrogen) atoms. The van der Waals surface area contributed by atoms with Crippen LogP contribution in [0.1, 0.15) is 40.5 Å². The van der Waals surface area contributed by atoms with E-state index in [1.807, 2.05) is 6.07 Å². The zero-order valence-corrected chi connectivity index (χ0v) is 11.6. The highest BCUT2D eigenvalue weighted by molar-refractivity contribution is 7.78. The first-order chi connectivity index (χ1) is 7.04. The molecule has 0 N–H and O–H groups in total. The van der Waals surface area contributed by atoms with E-state index in [2.05, 4.69) is 32.4 Å². The van der Waals surface area contributed by atoms with Gasteiger partial charge in [0.2, 0.25) is 7.65 Å². The fourth-order valence-electron chi connectivity index (χ4n) is 1.27. The molecule has 0 aliphatic carbocycles. The summed E-state index contributed by atoms with van der Waals surface area (Å²) in [6.45, 7) is 8.92. The number of hydrogen-bond donors (Lipinski definition) is 0. The van der Waals surface area contributed by atoms with E-state index in [0.29, 0.717) is 25.1 Å². The molecule has 2 atom stereocenters. The molecule has 0 heterocycles. The predicted octanol–water partition coefficient (Wildman–Crippen LogP) is 3.89. The molecule has 0 amide bonds. The number of halogens is 1. The van der Waals surface area contributed by atoms with Gasteiger partial charge in [0.1, 0.15) is 0 Å². The first-order valence-electron chi connectivity index (χ1n) is 5.28. The van der Waals surface area contributed by atoms with Crippen molar-refractivity contribution < 1.29 is 4.52 Å². The number of hydrogen-bond acceptors (Lipinski definition) is 3. The summed E-state index contributed by atoms with van der Waals surface area (Å²) in [4.78, 5) is 0. The minimum Gasteiger partial charge on any atom is -0.330 e. The van der Waals surface area contributed by atoms with Gasteiger partial charge in [-0.1, -0.05) is 6.92 Å². The number of nitrogens with zero attached hydrogens (tertiary/aromatic N) is 2. The average Bonchev–Trinajstić information content (AvgIpc) is 2.17. The summed E-state index contributed by atoms with van der Waals surface area (Å²) in [7, 11) is -1.09. The largest absolute Gasteiger partial charge is 0.330 e. The van der Waals surface area contributed by atoms with Gasteiger partial charge in [0.05, 0.1) is 19.1 Å². The van der Waals surface area contributed by atoms with Crippen LogP contribution in [-0.4, -0.2) is 23.4 Å². The molecule has 3 nitrogen and oxygen atoms in total. The molecule has 0 saturated heterocycles. The molecule has 0 spiro atoms. The zero-order chi connectivity index (χ0) is 11.8. The van der Waals surface area contributed by atoms with Crippen molar-refractivity contribution in [1.29, 1.82) is 5.26 Å². The minimum atomic E-state index is -1.09. The van der Waals surface area contributed by atoms with Gasteiger partial charge in [-0.3, -0.25) is 0 Å². The summed E-state index contributed by atoms with van der Waals surface area (Å²) >= 11 is 6.21. The Morgan fingerprint density at radius 3 is 2.47 bits per heavy atom. The minimum absolute atomic E-state index is 0.366. The van der Waals surface area contributed by atoms with E-state index in [-0.39, 0.29) is 0 Å². The van der Waals surface area contributed by atoms with E-state index >= 15 is 0 Å².